The van der Waals surface area contributed by atoms with Crippen LogP contribution in [0.5, 0.6) is 0 Å². The largest absolute Gasteiger partial charge is 0.335 e. The van der Waals surface area contributed by atoms with Crippen LogP contribution in [0.2, 0.25) is 0 Å². The third kappa shape index (κ3) is 4.60. The van der Waals surface area contributed by atoms with Crippen molar-refractivity contribution in [3.8, 4) is 0 Å². The van der Waals surface area contributed by atoms with Gasteiger partial charge in [-0.25, -0.2) is 9.18 Å². The van der Waals surface area contributed by atoms with Gasteiger partial charge in [0, 0.05) is 54.1 Å². The number of nitrogens with one attached hydrogen (secondary N) is 1. The fourth-order valence-corrected chi connectivity index (χ4v) is 5.02. The van der Waals surface area contributed by atoms with Crippen LogP contribution in [0.25, 0.3) is 0 Å². The van der Waals surface area contributed by atoms with Crippen molar-refractivity contribution < 1.29 is 14.0 Å². The first-order valence-corrected chi connectivity index (χ1v) is 12.2. The van der Waals surface area contributed by atoms with Crippen LogP contribution >= 0.6 is 0 Å². The van der Waals surface area contributed by atoms with E-state index in [0.717, 1.165) is 12.8 Å². The number of carbonyl (C=O) groups excluding carboxylic acids is 2. The van der Waals surface area contributed by atoms with Crippen molar-refractivity contribution in [1.82, 2.24) is 19.4 Å². The van der Waals surface area contributed by atoms with E-state index in [1.54, 1.807) is 21.9 Å². The number of H-pyrrole nitrogens is 1. The van der Waals surface area contributed by atoms with Crippen LogP contribution in [0.15, 0.2) is 58.1 Å². The van der Waals surface area contributed by atoms with Crippen molar-refractivity contribution in [2.24, 2.45) is 0 Å². The molecule has 0 spiro atoms. The van der Waals surface area contributed by atoms with Crippen molar-refractivity contribution in [2.45, 2.75) is 32.2 Å². The third-order valence-electron chi connectivity index (χ3n) is 7.00. The number of rotatable bonds is 4. The summed E-state index contributed by atoms with van der Waals surface area (Å²) < 4.78 is 16.2. The minimum atomic E-state index is -0.573. The average Bonchev–Trinajstić information content (AvgIpc) is 2.92. The molecule has 186 valence electrons. The maximum absolute atomic E-state index is 14.7. The van der Waals surface area contributed by atoms with E-state index in [1.165, 1.54) is 22.8 Å². The minimum Gasteiger partial charge on any atom is -0.335 e. The molecule has 1 aliphatic heterocycles. The van der Waals surface area contributed by atoms with E-state index >= 15 is 0 Å². The Labute approximate surface area is 207 Å². The Morgan fingerprint density at radius 1 is 0.833 bits per heavy atom. The highest BCUT2D eigenvalue weighted by Crippen LogP contribution is 2.20. The first kappa shape index (κ1) is 23.7. The summed E-state index contributed by atoms with van der Waals surface area (Å²) >= 11 is 0. The zero-order valence-corrected chi connectivity index (χ0v) is 19.8. The van der Waals surface area contributed by atoms with Crippen LogP contribution < -0.4 is 11.2 Å². The van der Waals surface area contributed by atoms with Crippen molar-refractivity contribution in [3.63, 3.8) is 0 Å². The molecule has 0 radical (unpaired) electrons. The summed E-state index contributed by atoms with van der Waals surface area (Å²) in [7, 11) is 0. The number of carbonyl (C=O) groups is 2. The van der Waals surface area contributed by atoms with E-state index in [9.17, 15) is 23.6 Å². The summed E-state index contributed by atoms with van der Waals surface area (Å²) in [6, 6.07) is 13.2. The number of piperazine rings is 1. The number of benzene rings is 2. The number of amides is 2. The van der Waals surface area contributed by atoms with E-state index in [2.05, 4.69) is 4.98 Å². The van der Waals surface area contributed by atoms with Crippen LogP contribution in [0, 0.1) is 5.82 Å². The second-order valence-electron chi connectivity index (χ2n) is 9.23. The van der Waals surface area contributed by atoms with Crippen LogP contribution in [-0.4, -0.2) is 57.3 Å². The van der Waals surface area contributed by atoms with Gasteiger partial charge in [0.15, 0.2) is 0 Å². The second kappa shape index (κ2) is 9.93. The van der Waals surface area contributed by atoms with Crippen LogP contribution in [0.4, 0.5) is 4.39 Å². The molecule has 1 aliphatic carbocycles. The SMILES string of the molecule is O=C(c1ccccc1)N1CCN(C(=O)c2ccc(F)c(Cn3c4c(c(=O)[nH]c3=O)CCCC4)c2)CC1. The van der Waals surface area contributed by atoms with E-state index < -0.39 is 11.5 Å². The summed E-state index contributed by atoms with van der Waals surface area (Å²) in [5.41, 5.74) is 1.42. The highest BCUT2D eigenvalue weighted by Gasteiger charge is 2.26. The van der Waals surface area contributed by atoms with Gasteiger partial charge in [-0.05, 0) is 56.0 Å². The molecular formula is C27H27FN4O4. The quantitative estimate of drug-likeness (QED) is 0.607. The predicted molar refractivity (Wildman–Crippen MR) is 132 cm³/mol. The smallest absolute Gasteiger partial charge is 0.328 e. The topological polar surface area (TPSA) is 95.5 Å². The third-order valence-corrected chi connectivity index (χ3v) is 7.00. The van der Waals surface area contributed by atoms with E-state index in [4.69, 9.17) is 0 Å². The zero-order chi connectivity index (χ0) is 25.2. The summed E-state index contributed by atoms with van der Waals surface area (Å²) in [6.07, 6.45) is 2.90. The molecule has 9 heteroatoms. The number of aromatic nitrogens is 2. The van der Waals surface area contributed by atoms with Crippen molar-refractivity contribution in [2.75, 3.05) is 26.2 Å². The highest BCUT2D eigenvalue weighted by molar-refractivity contribution is 5.96. The maximum atomic E-state index is 14.7. The standard InChI is InChI=1S/C27H27FN4O4/c28-22-11-10-19(16-20(22)17-32-23-9-5-4-8-21(23)24(33)29-27(32)36)26(35)31-14-12-30(13-15-31)25(34)18-6-2-1-3-7-18/h1-3,6-7,10-11,16H,4-5,8-9,12-15,17H2,(H,29,33,36). The first-order chi connectivity index (χ1) is 17.4. The molecule has 8 nitrogen and oxygen atoms in total. The first-order valence-electron chi connectivity index (χ1n) is 12.2. The second-order valence-corrected chi connectivity index (χ2v) is 9.23. The Bertz CT molecular complexity index is 1420. The van der Waals surface area contributed by atoms with Gasteiger partial charge in [0.2, 0.25) is 0 Å². The highest BCUT2D eigenvalue weighted by atomic mass is 19.1. The number of hydrogen-bond donors (Lipinski definition) is 1. The Balaban J connectivity index is 1.32. The Morgan fingerprint density at radius 2 is 1.47 bits per heavy atom. The minimum absolute atomic E-state index is 0.0652. The van der Waals surface area contributed by atoms with Crippen molar-refractivity contribution in [1.29, 1.82) is 0 Å². The average molecular weight is 491 g/mol. The Kier molecular flexibility index (Phi) is 6.54. The van der Waals surface area contributed by atoms with Crippen LogP contribution in [-0.2, 0) is 19.4 Å². The monoisotopic (exact) mass is 490 g/mol. The number of aromatic amines is 1. The van der Waals surface area contributed by atoms with E-state index in [0.29, 0.717) is 61.4 Å². The summed E-state index contributed by atoms with van der Waals surface area (Å²) in [6.45, 7) is 1.50. The molecule has 2 amide bonds. The molecule has 1 aromatic heterocycles. The number of hydrogen-bond acceptors (Lipinski definition) is 4. The molecule has 0 saturated carbocycles. The van der Waals surface area contributed by atoms with Gasteiger partial charge in [-0.2, -0.15) is 0 Å². The van der Waals surface area contributed by atoms with Gasteiger partial charge in [0.05, 0.1) is 6.54 Å². The number of fused-ring (bicyclic) bond motifs is 1. The lowest BCUT2D eigenvalue weighted by atomic mass is 9.96. The van der Waals surface area contributed by atoms with Gasteiger partial charge in [-0.3, -0.25) is 23.9 Å². The molecule has 2 aliphatic rings. The molecule has 1 saturated heterocycles. The molecule has 0 atom stereocenters. The summed E-state index contributed by atoms with van der Waals surface area (Å²) in [4.78, 5) is 56.4. The zero-order valence-electron chi connectivity index (χ0n) is 19.8. The van der Waals surface area contributed by atoms with Gasteiger partial charge in [0.25, 0.3) is 17.4 Å². The Hall–Kier alpha value is -4.01. The molecule has 36 heavy (non-hydrogen) atoms. The molecule has 0 unspecified atom stereocenters. The summed E-state index contributed by atoms with van der Waals surface area (Å²) in [5, 5.41) is 0. The maximum Gasteiger partial charge on any atom is 0.328 e. The van der Waals surface area contributed by atoms with Gasteiger partial charge in [-0.1, -0.05) is 18.2 Å². The van der Waals surface area contributed by atoms with Gasteiger partial charge in [0.1, 0.15) is 5.82 Å². The normalized spacial score (nSPS) is 15.5. The molecule has 3 aromatic rings. The molecule has 5 rings (SSSR count). The van der Waals surface area contributed by atoms with Crippen molar-refractivity contribution in [3.05, 3.63) is 103 Å². The van der Waals surface area contributed by atoms with Gasteiger partial charge < -0.3 is 9.80 Å². The number of nitrogens with zero attached hydrogens (tertiary/aromatic N) is 3. The molecule has 2 aromatic carbocycles. The molecule has 2 heterocycles. The molecule has 1 fully saturated rings. The van der Waals surface area contributed by atoms with Gasteiger partial charge >= 0.3 is 5.69 Å². The van der Waals surface area contributed by atoms with Crippen molar-refractivity contribution >= 4 is 11.8 Å². The Morgan fingerprint density at radius 3 is 2.17 bits per heavy atom. The lowest BCUT2D eigenvalue weighted by molar-refractivity contribution is 0.0535. The van der Waals surface area contributed by atoms with Crippen LogP contribution in [0.3, 0.4) is 0 Å². The fraction of sp³-hybridized carbons (Fsp3) is 0.333. The molecule has 1 N–H and O–H groups in total. The number of halogens is 1. The molecule has 0 bridgehead atoms. The fourth-order valence-electron chi connectivity index (χ4n) is 5.02. The predicted octanol–water partition coefficient (Wildman–Crippen LogP) is 2.20. The molecular weight excluding hydrogens is 463 g/mol. The summed E-state index contributed by atoms with van der Waals surface area (Å²) in [5.74, 6) is -0.840. The van der Waals surface area contributed by atoms with Gasteiger partial charge in [-0.15, -0.1) is 0 Å². The lowest BCUT2D eigenvalue weighted by Crippen LogP contribution is -2.50. The van der Waals surface area contributed by atoms with Crippen LogP contribution in [0.1, 0.15) is 50.4 Å². The lowest BCUT2D eigenvalue weighted by Gasteiger charge is -2.35. The van der Waals surface area contributed by atoms with E-state index in [-0.39, 0.29) is 29.5 Å². The van der Waals surface area contributed by atoms with E-state index in [1.807, 2.05) is 18.2 Å².